The molecule has 100 valence electrons. The molecule has 1 N–H and O–H groups in total. The predicted octanol–water partition coefficient (Wildman–Crippen LogP) is 3.28. The standard InChI is InChI=1S/C16H26N2/c1-15(2)14(16(15,3)4)17-11-12-7-9-13(10-8-12)18(5)6/h7-10,14,17H,11H2,1-6H3. The summed E-state index contributed by atoms with van der Waals surface area (Å²) >= 11 is 0. The predicted molar refractivity (Wildman–Crippen MR) is 79.0 cm³/mol. The average Bonchev–Trinajstić information content (AvgIpc) is 2.67. The second kappa shape index (κ2) is 4.27. The van der Waals surface area contributed by atoms with Crippen molar-refractivity contribution in [1.82, 2.24) is 5.32 Å². The molecule has 1 aromatic rings. The topological polar surface area (TPSA) is 15.3 Å². The van der Waals surface area contributed by atoms with E-state index in [1.807, 2.05) is 0 Å². The molecular weight excluding hydrogens is 220 g/mol. The van der Waals surface area contributed by atoms with E-state index in [4.69, 9.17) is 0 Å². The fourth-order valence-electron chi connectivity index (χ4n) is 2.84. The van der Waals surface area contributed by atoms with Gasteiger partial charge in [-0.25, -0.2) is 0 Å². The van der Waals surface area contributed by atoms with Crippen molar-refractivity contribution in [3.8, 4) is 0 Å². The van der Waals surface area contributed by atoms with Gasteiger partial charge in [0.1, 0.15) is 0 Å². The third-order valence-electron chi connectivity index (χ3n) is 4.98. The number of hydrogen-bond acceptors (Lipinski definition) is 2. The minimum atomic E-state index is 0.413. The Bertz CT molecular complexity index is 401. The van der Waals surface area contributed by atoms with Crippen LogP contribution < -0.4 is 10.2 Å². The Morgan fingerprint density at radius 3 is 1.89 bits per heavy atom. The zero-order valence-corrected chi connectivity index (χ0v) is 12.5. The molecule has 0 atom stereocenters. The van der Waals surface area contributed by atoms with Gasteiger partial charge in [-0.15, -0.1) is 0 Å². The van der Waals surface area contributed by atoms with Gasteiger partial charge in [0.2, 0.25) is 0 Å². The first-order chi connectivity index (χ1) is 8.26. The highest BCUT2D eigenvalue weighted by molar-refractivity contribution is 5.46. The number of nitrogens with one attached hydrogen (secondary N) is 1. The molecule has 0 aliphatic heterocycles. The SMILES string of the molecule is CN(C)c1ccc(CNC2C(C)(C)C2(C)C)cc1. The third-order valence-corrected chi connectivity index (χ3v) is 4.98. The summed E-state index contributed by atoms with van der Waals surface area (Å²) in [6, 6.07) is 9.41. The Balaban J connectivity index is 1.92. The number of nitrogens with zero attached hydrogens (tertiary/aromatic N) is 1. The zero-order chi connectivity index (χ0) is 13.6. The maximum atomic E-state index is 3.69. The fraction of sp³-hybridized carbons (Fsp3) is 0.625. The average molecular weight is 246 g/mol. The highest BCUT2D eigenvalue weighted by Crippen LogP contribution is 2.62. The summed E-state index contributed by atoms with van der Waals surface area (Å²) in [6.45, 7) is 10.4. The van der Waals surface area contributed by atoms with Crippen LogP contribution in [-0.2, 0) is 6.54 Å². The van der Waals surface area contributed by atoms with Gasteiger partial charge < -0.3 is 10.2 Å². The molecule has 0 saturated heterocycles. The molecule has 18 heavy (non-hydrogen) atoms. The second-order valence-corrected chi connectivity index (χ2v) is 6.82. The Morgan fingerprint density at radius 1 is 1.00 bits per heavy atom. The number of hydrogen-bond donors (Lipinski definition) is 1. The maximum absolute atomic E-state index is 3.69. The molecule has 1 aliphatic carbocycles. The minimum Gasteiger partial charge on any atom is -0.378 e. The van der Waals surface area contributed by atoms with Crippen LogP contribution in [0.25, 0.3) is 0 Å². The second-order valence-electron chi connectivity index (χ2n) is 6.82. The van der Waals surface area contributed by atoms with E-state index in [0.717, 1.165) is 6.54 Å². The van der Waals surface area contributed by atoms with Crippen LogP contribution in [0.5, 0.6) is 0 Å². The van der Waals surface area contributed by atoms with Crippen LogP contribution in [-0.4, -0.2) is 20.1 Å². The van der Waals surface area contributed by atoms with Crippen LogP contribution in [0.15, 0.2) is 24.3 Å². The van der Waals surface area contributed by atoms with Gasteiger partial charge in [0.05, 0.1) is 0 Å². The van der Waals surface area contributed by atoms with Crippen molar-refractivity contribution in [2.24, 2.45) is 10.8 Å². The fourth-order valence-corrected chi connectivity index (χ4v) is 2.84. The van der Waals surface area contributed by atoms with Gasteiger partial charge in [0.15, 0.2) is 0 Å². The lowest BCUT2D eigenvalue weighted by molar-refractivity contribution is 0.457. The lowest BCUT2D eigenvalue weighted by atomic mass is 10.0. The Kier molecular flexibility index (Phi) is 3.18. The van der Waals surface area contributed by atoms with E-state index in [0.29, 0.717) is 16.9 Å². The molecule has 1 aromatic carbocycles. The van der Waals surface area contributed by atoms with Crippen LogP contribution in [0.1, 0.15) is 33.3 Å². The van der Waals surface area contributed by atoms with Gasteiger partial charge in [-0.1, -0.05) is 39.8 Å². The van der Waals surface area contributed by atoms with Gasteiger partial charge in [-0.2, -0.15) is 0 Å². The highest BCUT2D eigenvalue weighted by atomic mass is 15.1. The van der Waals surface area contributed by atoms with Gasteiger partial charge in [0, 0.05) is 32.4 Å². The zero-order valence-electron chi connectivity index (χ0n) is 12.5. The first-order valence-electron chi connectivity index (χ1n) is 6.76. The lowest BCUT2D eigenvalue weighted by Gasteiger charge is -2.13. The molecule has 1 saturated carbocycles. The van der Waals surface area contributed by atoms with E-state index in [-0.39, 0.29) is 0 Å². The molecule has 1 aliphatic rings. The molecular formula is C16H26N2. The van der Waals surface area contributed by atoms with E-state index >= 15 is 0 Å². The summed E-state index contributed by atoms with van der Waals surface area (Å²) < 4.78 is 0. The van der Waals surface area contributed by atoms with Gasteiger partial charge in [-0.05, 0) is 28.5 Å². The van der Waals surface area contributed by atoms with Crippen LogP contribution in [0.3, 0.4) is 0 Å². The first kappa shape index (κ1) is 13.4. The monoisotopic (exact) mass is 246 g/mol. The first-order valence-corrected chi connectivity index (χ1v) is 6.76. The molecule has 1 fully saturated rings. The summed E-state index contributed by atoms with van der Waals surface area (Å²) in [6.07, 6.45) is 0. The molecule has 0 unspecified atom stereocenters. The lowest BCUT2D eigenvalue weighted by Crippen LogP contribution is -2.21. The number of anilines is 1. The molecule has 2 heteroatoms. The molecule has 0 heterocycles. The van der Waals surface area contributed by atoms with Crippen LogP contribution in [0, 0.1) is 10.8 Å². The molecule has 0 amide bonds. The minimum absolute atomic E-state index is 0.413. The van der Waals surface area contributed by atoms with Crippen molar-refractivity contribution < 1.29 is 0 Å². The van der Waals surface area contributed by atoms with Gasteiger partial charge in [-0.3, -0.25) is 0 Å². The van der Waals surface area contributed by atoms with Crippen molar-refractivity contribution in [1.29, 1.82) is 0 Å². The van der Waals surface area contributed by atoms with Crippen molar-refractivity contribution in [3.63, 3.8) is 0 Å². The van der Waals surface area contributed by atoms with Crippen molar-refractivity contribution in [3.05, 3.63) is 29.8 Å². The molecule has 0 spiro atoms. The normalized spacial score (nSPS) is 20.8. The largest absolute Gasteiger partial charge is 0.378 e. The van der Waals surface area contributed by atoms with E-state index in [1.54, 1.807) is 0 Å². The van der Waals surface area contributed by atoms with Crippen molar-refractivity contribution in [2.75, 3.05) is 19.0 Å². The number of benzene rings is 1. The van der Waals surface area contributed by atoms with Crippen LogP contribution >= 0.6 is 0 Å². The van der Waals surface area contributed by atoms with E-state index in [2.05, 4.69) is 76.3 Å². The third kappa shape index (κ3) is 2.14. The van der Waals surface area contributed by atoms with Crippen LogP contribution in [0.4, 0.5) is 5.69 Å². The molecule has 0 radical (unpaired) electrons. The highest BCUT2D eigenvalue weighted by Gasteiger charge is 2.64. The van der Waals surface area contributed by atoms with E-state index < -0.39 is 0 Å². The molecule has 0 aromatic heterocycles. The van der Waals surface area contributed by atoms with Crippen LogP contribution in [0.2, 0.25) is 0 Å². The molecule has 2 rings (SSSR count). The van der Waals surface area contributed by atoms with Gasteiger partial charge in [0.25, 0.3) is 0 Å². The van der Waals surface area contributed by atoms with Crippen molar-refractivity contribution in [2.45, 2.75) is 40.3 Å². The van der Waals surface area contributed by atoms with Crippen molar-refractivity contribution >= 4 is 5.69 Å². The van der Waals surface area contributed by atoms with E-state index in [9.17, 15) is 0 Å². The molecule has 0 bridgehead atoms. The number of rotatable bonds is 4. The Hall–Kier alpha value is -1.02. The summed E-state index contributed by atoms with van der Waals surface area (Å²) in [5, 5.41) is 3.69. The Morgan fingerprint density at radius 2 is 1.50 bits per heavy atom. The summed E-state index contributed by atoms with van der Waals surface area (Å²) in [7, 11) is 4.14. The smallest absolute Gasteiger partial charge is 0.0361 e. The van der Waals surface area contributed by atoms with Gasteiger partial charge >= 0.3 is 0 Å². The maximum Gasteiger partial charge on any atom is 0.0361 e. The van der Waals surface area contributed by atoms with E-state index in [1.165, 1.54) is 11.3 Å². The summed E-state index contributed by atoms with van der Waals surface area (Å²) in [5.74, 6) is 0. The quantitative estimate of drug-likeness (QED) is 0.877. The molecule has 2 nitrogen and oxygen atoms in total. The summed E-state index contributed by atoms with van der Waals surface area (Å²) in [5.41, 5.74) is 3.44. The Labute approximate surface area is 111 Å². The summed E-state index contributed by atoms with van der Waals surface area (Å²) in [4.78, 5) is 2.13.